The van der Waals surface area contributed by atoms with Crippen LogP contribution in [0.5, 0.6) is 0 Å². The smallest absolute Gasteiger partial charge is 0.124 e. The van der Waals surface area contributed by atoms with Gasteiger partial charge in [-0.3, -0.25) is 4.98 Å². The maximum Gasteiger partial charge on any atom is 0.124 e. The molecule has 0 unspecified atom stereocenters. The van der Waals surface area contributed by atoms with E-state index in [0.717, 1.165) is 11.4 Å². The Morgan fingerprint density at radius 2 is 2.18 bits per heavy atom. The minimum absolute atomic E-state index is 0.280. The van der Waals surface area contributed by atoms with Gasteiger partial charge in [0.15, 0.2) is 0 Å². The van der Waals surface area contributed by atoms with Crippen molar-refractivity contribution >= 4 is 17.2 Å². The van der Waals surface area contributed by atoms with Crippen LogP contribution in [0.4, 0.5) is 0 Å². The summed E-state index contributed by atoms with van der Waals surface area (Å²) < 4.78 is 1.76. The third-order valence-electron chi connectivity index (χ3n) is 2.47. The standard InChI is InChI=1S/C12H14N4S/c1-8(2)9-5-7-16(15-9)10-4-3-6-14-11(10)12(13)17/h3-8H,1-2H3,(H2,13,17). The molecule has 2 heterocycles. The van der Waals surface area contributed by atoms with Crippen LogP contribution in [0.3, 0.4) is 0 Å². The van der Waals surface area contributed by atoms with Gasteiger partial charge in [0.05, 0.1) is 11.4 Å². The second kappa shape index (κ2) is 4.63. The van der Waals surface area contributed by atoms with Gasteiger partial charge in [0.2, 0.25) is 0 Å². The minimum atomic E-state index is 0.280. The van der Waals surface area contributed by atoms with Gasteiger partial charge in [-0.05, 0) is 24.1 Å². The zero-order valence-corrected chi connectivity index (χ0v) is 10.6. The number of hydrogen-bond donors (Lipinski definition) is 1. The molecular formula is C12H14N4S. The summed E-state index contributed by atoms with van der Waals surface area (Å²) in [5, 5.41) is 4.48. The number of thiocarbonyl (C=S) groups is 1. The van der Waals surface area contributed by atoms with E-state index in [1.54, 1.807) is 10.9 Å². The van der Waals surface area contributed by atoms with Crippen molar-refractivity contribution in [3.05, 3.63) is 42.0 Å². The first-order valence-corrected chi connectivity index (χ1v) is 5.81. The van der Waals surface area contributed by atoms with Crippen LogP contribution in [0.25, 0.3) is 5.69 Å². The summed E-state index contributed by atoms with van der Waals surface area (Å²) in [6.45, 7) is 4.20. The maximum atomic E-state index is 5.65. The minimum Gasteiger partial charge on any atom is -0.388 e. The molecule has 2 rings (SSSR count). The van der Waals surface area contributed by atoms with E-state index in [4.69, 9.17) is 18.0 Å². The SMILES string of the molecule is CC(C)c1ccn(-c2cccnc2C(N)=S)n1. The molecule has 88 valence electrons. The van der Waals surface area contributed by atoms with Gasteiger partial charge in [0.1, 0.15) is 10.7 Å². The highest BCUT2D eigenvalue weighted by Gasteiger charge is 2.10. The van der Waals surface area contributed by atoms with Crippen molar-refractivity contribution in [3.8, 4) is 5.69 Å². The maximum absolute atomic E-state index is 5.65. The second-order valence-corrected chi connectivity index (χ2v) is 4.52. The summed E-state index contributed by atoms with van der Waals surface area (Å²) in [5.41, 5.74) is 8.09. The van der Waals surface area contributed by atoms with Gasteiger partial charge in [-0.15, -0.1) is 0 Å². The zero-order valence-electron chi connectivity index (χ0n) is 9.79. The first-order chi connectivity index (χ1) is 8.09. The molecule has 4 nitrogen and oxygen atoms in total. The van der Waals surface area contributed by atoms with Crippen LogP contribution in [0.15, 0.2) is 30.6 Å². The zero-order chi connectivity index (χ0) is 12.4. The van der Waals surface area contributed by atoms with Crippen LogP contribution in [-0.2, 0) is 0 Å². The second-order valence-electron chi connectivity index (χ2n) is 4.08. The molecule has 0 aliphatic rings. The number of pyridine rings is 1. The lowest BCUT2D eigenvalue weighted by atomic mass is 10.1. The van der Waals surface area contributed by atoms with Gasteiger partial charge >= 0.3 is 0 Å². The fraction of sp³-hybridized carbons (Fsp3) is 0.250. The summed E-state index contributed by atoms with van der Waals surface area (Å²) in [6.07, 6.45) is 3.57. The van der Waals surface area contributed by atoms with Crippen LogP contribution >= 0.6 is 12.2 Å². The van der Waals surface area contributed by atoms with Gasteiger partial charge in [0, 0.05) is 12.4 Å². The Morgan fingerprint density at radius 3 is 2.76 bits per heavy atom. The van der Waals surface area contributed by atoms with Gasteiger partial charge in [-0.1, -0.05) is 26.1 Å². The Hall–Kier alpha value is -1.75. The van der Waals surface area contributed by atoms with E-state index in [1.165, 1.54) is 0 Å². The molecule has 0 saturated carbocycles. The van der Waals surface area contributed by atoms with E-state index in [0.29, 0.717) is 11.6 Å². The van der Waals surface area contributed by atoms with Crippen molar-refractivity contribution in [2.24, 2.45) is 5.73 Å². The van der Waals surface area contributed by atoms with E-state index in [-0.39, 0.29) is 4.99 Å². The van der Waals surface area contributed by atoms with Crippen molar-refractivity contribution in [1.29, 1.82) is 0 Å². The van der Waals surface area contributed by atoms with Crippen LogP contribution in [0, 0.1) is 0 Å². The highest BCUT2D eigenvalue weighted by atomic mass is 32.1. The highest BCUT2D eigenvalue weighted by molar-refractivity contribution is 7.80. The Bertz CT molecular complexity index is 545. The summed E-state index contributed by atoms with van der Waals surface area (Å²) in [5.74, 6) is 0.390. The molecule has 0 spiro atoms. The highest BCUT2D eigenvalue weighted by Crippen LogP contribution is 2.15. The molecular weight excluding hydrogens is 232 g/mol. The molecule has 2 aromatic rings. The van der Waals surface area contributed by atoms with Gasteiger partial charge in [-0.2, -0.15) is 5.10 Å². The Labute approximate surface area is 105 Å². The molecule has 0 aliphatic heterocycles. The lowest BCUT2D eigenvalue weighted by Crippen LogP contribution is -2.15. The molecule has 0 radical (unpaired) electrons. The van der Waals surface area contributed by atoms with E-state index in [9.17, 15) is 0 Å². The van der Waals surface area contributed by atoms with Crippen LogP contribution in [-0.4, -0.2) is 19.8 Å². The van der Waals surface area contributed by atoms with E-state index in [2.05, 4.69) is 23.9 Å². The fourth-order valence-corrected chi connectivity index (χ4v) is 1.71. The Balaban J connectivity index is 2.49. The number of nitrogens with zero attached hydrogens (tertiary/aromatic N) is 3. The molecule has 17 heavy (non-hydrogen) atoms. The number of nitrogens with two attached hydrogens (primary N) is 1. The summed E-state index contributed by atoms with van der Waals surface area (Å²) in [4.78, 5) is 4.46. The molecule has 0 aliphatic carbocycles. The monoisotopic (exact) mass is 246 g/mol. The lowest BCUT2D eigenvalue weighted by Gasteiger charge is -2.06. The third kappa shape index (κ3) is 2.34. The van der Waals surface area contributed by atoms with Crippen LogP contribution in [0.1, 0.15) is 31.2 Å². The van der Waals surface area contributed by atoms with E-state index < -0.39 is 0 Å². The van der Waals surface area contributed by atoms with E-state index in [1.807, 2.05) is 24.4 Å². The first-order valence-electron chi connectivity index (χ1n) is 5.40. The van der Waals surface area contributed by atoms with Crippen molar-refractivity contribution in [2.45, 2.75) is 19.8 Å². The number of rotatable bonds is 3. The third-order valence-corrected chi connectivity index (χ3v) is 2.66. The predicted molar refractivity (Wildman–Crippen MR) is 71.3 cm³/mol. The molecule has 0 bridgehead atoms. The van der Waals surface area contributed by atoms with E-state index >= 15 is 0 Å². The summed E-state index contributed by atoms with van der Waals surface area (Å²) in [7, 11) is 0. The molecule has 2 aromatic heterocycles. The average molecular weight is 246 g/mol. The normalized spacial score (nSPS) is 10.8. The van der Waals surface area contributed by atoms with Crippen molar-refractivity contribution in [3.63, 3.8) is 0 Å². The number of hydrogen-bond acceptors (Lipinski definition) is 3. The lowest BCUT2D eigenvalue weighted by molar-refractivity contribution is 0.766. The predicted octanol–water partition coefficient (Wildman–Crippen LogP) is 2.02. The fourth-order valence-electron chi connectivity index (χ4n) is 1.55. The van der Waals surface area contributed by atoms with Gasteiger partial charge in [0.25, 0.3) is 0 Å². The molecule has 0 saturated heterocycles. The molecule has 0 atom stereocenters. The van der Waals surface area contributed by atoms with Crippen molar-refractivity contribution < 1.29 is 0 Å². The topological polar surface area (TPSA) is 56.7 Å². The van der Waals surface area contributed by atoms with Crippen LogP contribution in [0.2, 0.25) is 0 Å². The van der Waals surface area contributed by atoms with Gasteiger partial charge in [-0.25, -0.2) is 4.68 Å². The number of aromatic nitrogens is 3. The molecule has 5 heteroatoms. The molecule has 0 amide bonds. The Morgan fingerprint density at radius 1 is 1.41 bits per heavy atom. The molecule has 0 fully saturated rings. The van der Waals surface area contributed by atoms with Gasteiger partial charge < -0.3 is 5.73 Å². The average Bonchev–Trinajstić information content (AvgIpc) is 2.78. The summed E-state index contributed by atoms with van der Waals surface area (Å²) >= 11 is 4.98. The molecule has 2 N–H and O–H groups in total. The van der Waals surface area contributed by atoms with Crippen molar-refractivity contribution in [2.75, 3.05) is 0 Å². The molecule has 0 aromatic carbocycles. The van der Waals surface area contributed by atoms with Crippen molar-refractivity contribution in [1.82, 2.24) is 14.8 Å². The first kappa shape index (κ1) is 11.7. The largest absolute Gasteiger partial charge is 0.388 e. The Kier molecular flexibility index (Phi) is 3.19. The van der Waals surface area contributed by atoms with Crippen LogP contribution < -0.4 is 5.73 Å². The quantitative estimate of drug-likeness (QED) is 0.842. The summed E-state index contributed by atoms with van der Waals surface area (Å²) in [6, 6.07) is 5.73.